The highest BCUT2D eigenvalue weighted by atomic mass is 32.2. The van der Waals surface area contributed by atoms with Crippen molar-refractivity contribution in [3.8, 4) is 11.5 Å². The number of benzene rings is 3. The Kier molecular flexibility index (Phi) is 8.94. The highest BCUT2D eigenvalue weighted by Gasteiger charge is 2.36. The van der Waals surface area contributed by atoms with Crippen LogP contribution in [-0.4, -0.2) is 33.1 Å². The van der Waals surface area contributed by atoms with Crippen LogP contribution in [0.25, 0.3) is 0 Å². The van der Waals surface area contributed by atoms with E-state index in [4.69, 9.17) is 19.3 Å². The average molecular weight is 571 g/mol. The quantitative estimate of drug-likeness (QED) is 0.157. The summed E-state index contributed by atoms with van der Waals surface area (Å²) in [6, 6.07) is 23.0. The van der Waals surface area contributed by atoms with E-state index in [1.54, 1.807) is 16.4 Å². The zero-order valence-electron chi connectivity index (χ0n) is 23.7. The Morgan fingerprint density at radius 3 is 2.49 bits per heavy atom. The van der Waals surface area contributed by atoms with Gasteiger partial charge in [0.1, 0.15) is 19.3 Å². The Balaban J connectivity index is 1.50. The third-order valence-corrected chi connectivity index (χ3v) is 7.49. The lowest BCUT2D eigenvalue weighted by atomic mass is 9.95. The fraction of sp³-hybridized carbons (Fsp3) is 0.281. The number of fused-ring (bicyclic) bond motifs is 1. The summed E-state index contributed by atoms with van der Waals surface area (Å²) in [7, 11) is 0. The average Bonchev–Trinajstić information content (AvgIpc) is 3.38. The molecule has 212 valence electrons. The number of carbonyl (C=O) groups excluding carboxylic acids is 1. The molecule has 0 amide bonds. The first-order chi connectivity index (χ1) is 20.0. The number of hydrogen-bond donors (Lipinski definition) is 1. The van der Waals surface area contributed by atoms with Gasteiger partial charge in [-0.15, -0.1) is 5.10 Å². The summed E-state index contributed by atoms with van der Waals surface area (Å²) in [5.74, 6) is 2.20. The SMILES string of the molecule is CCOc1cc(C2C(C(=O)OCc3ccccc3)=C(C)Nc3nc(SCC)nn32)ccc1OCc1ccccc1C. The molecule has 3 aromatic carbocycles. The van der Waals surface area contributed by atoms with Gasteiger partial charge in [0, 0.05) is 5.70 Å². The molecule has 1 aliphatic rings. The van der Waals surface area contributed by atoms with Crippen molar-refractivity contribution in [2.24, 2.45) is 0 Å². The highest BCUT2D eigenvalue weighted by molar-refractivity contribution is 7.99. The van der Waals surface area contributed by atoms with Gasteiger partial charge in [-0.2, -0.15) is 4.98 Å². The summed E-state index contributed by atoms with van der Waals surface area (Å²) in [4.78, 5) is 18.3. The summed E-state index contributed by atoms with van der Waals surface area (Å²) in [5, 5.41) is 8.66. The molecule has 2 heterocycles. The van der Waals surface area contributed by atoms with Gasteiger partial charge in [-0.3, -0.25) is 0 Å². The number of nitrogens with one attached hydrogen (secondary N) is 1. The smallest absolute Gasteiger partial charge is 0.338 e. The van der Waals surface area contributed by atoms with Crippen LogP contribution in [0.1, 0.15) is 49.1 Å². The first-order valence-corrected chi connectivity index (χ1v) is 14.7. The molecule has 8 nitrogen and oxygen atoms in total. The second kappa shape index (κ2) is 13.0. The van der Waals surface area contributed by atoms with Crippen LogP contribution in [0.3, 0.4) is 0 Å². The number of rotatable bonds is 11. The van der Waals surface area contributed by atoms with E-state index in [1.165, 1.54) is 0 Å². The number of hydrogen-bond acceptors (Lipinski definition) is 8. The summed E-state index contributed by atoms with van der Waals surface area (Å²) in [5.41, 5.74) is 5.11. The molecule has 5 rings (SSSR count). The van der Waals surface area contributed by atoms with E-state index in [-0.39, 0.29) is 6.61 Å². The zero-order valence-corrected chi connectivity index (χ0v) is 24.5. The van der Waals surface area contributed by atoms with Gasteiger partial charge in [0.05, 0.1) is 12.2 Å². The number of esters is 1. The normalized spacial score (nSPS) is 14.3. The molecule has 1 N–H and O–H groups in total. The first kappa shape index (κ1) is 28.3. The number of aromatic nitrogens is 3. The summed E-state index contributed by atoms with van der Waals surface area (Å²) >= 11 is 1.54. The standard InChI is InChI=1S/C32H34N4O4S/c1-5-38-27-18-24(16-17-26(27)39-20-25-15-11-10-12-21(25)3)29-28(30(37)40-19-23-13-8-7-9-14-23)22(4)33-31-34-32(41-6-2)35-36(29)31/h7-18,29H,5-6,19-20H2,1-4H3,(H,33,34,35). The minimum absolute atomic E-state index is 0.167. The van der Waals surface area contributed by atoms with Crippen molar-refractivity contribution in [2.45, 2.75) is 52.1 Å². The predicted octanol–water partition coefficient (Wildman–Crippen LogP) is 6.71. The monoisotopic (exact) mass is 570 g/mol. The lowest BCUT2D eigenvalue weighted by Crippen LogP contribution is -2.29. The van der Waals surface area contributed by atoms with Crippen molar-refractivity contribution < 1.29 is 19.0 Å². The molecule has 1 atom stereocenters. The lowest BCUT2D eigenvalue weighted by Gasteiger charge is -2.28. The van der Waals surface area contributed by atoms with Gasteiger partial charge in [0.2, 0.25) is 11.1 Å². The maximum atomic E-state index is 13.6. The summed E-state index contributed by atoms with van der Waals surface area (Å²) in [6.07, 6.45) is 0. The third kappa shape index (κ3) is 6.41. The fourth-order valence-electron chi connectivity index (χ4n) is 4.70. The number of ether oxygens (including phenoxy) is 3. The van der Waals surface area contributed by atoms with Gasteiger partial charge < -0.3 is 19.5 Å². The third-order valence-electron chi connectivity index (χ3n) is 6.77. The minimum Gasteiger partial charge on any atom is -0.490 e. The van der Waals surface area contributed by atoms with Crippen LogP contribution in [0.15, 0.2) is 89.2 Å². The van der Waals surface area contributed by atoms with Crippen molar-refractivity contribution in [3.05, 3.63) is 106 Å². The van der Waals surface area contributed by atoms with Crippen LogP contribution >= 0.6 is 11.8 Å². The molecular weight excluding hydrogens is 536 g/mol. The number of nitrogens with zero attached hydrogens (tertiary/aromatic N) is 3. The summed E-state index contributed by atoms with van der Waals surface area (Å²) < 4.78 is 19.8. The van der Waals surface area contributed by atoms with E-state index in [1.807, 2.05) is 74.5 Å². The van der Waals surface area contributed by atoms with Crippen LogP contribution in [0.5, 0.6) is 11.5 Å². The molecule has 0 aliphatic carbocycles. The van der Waals surface area contributed by atoms with E-state index in [9.17, 15) is 4.79 Å². The van der Waals surface area contributed by atoms with Gasteiger partial charge in [-0.25, -0.2) is 9.48 Å². The molecule has 0 saturated heterocycles. The Labute approximate surface area is 244 Å². The largest absolute Gasteiger partial charge is 0.490 e. The molecule has 0 fully saturated rings. The second-order valence-electron chi connectivity index (χ2n) is 9.58. The first-order valence-electron chi connectivity index (χ1n) is 13.7. The van der Waals surface area contributed by atoms with Crippen LogP contribution in [0.4, 0.5) is 5.95 Å². The van der Waals surface area contributed by atoms with Crippen molar-refractivity contribution >= 4 is 23.7 Å². The topological polar surface area (TPSA) is 87.5 Å². The van der Waals surface area contributed by atoms with E-state index >= 15 is 0 Å². The molecule has 0 radical (unpaired) electrons. The van der Waals surface area contributed by atoms with Crippen molar-refractivity contribution in [1.29, 1.82) is 0 Å². The van der Waals surface area contributed by atoms with E-state index in [2.05, 4.69) is 36.3 Å². The molecule has 1 aliphatic heterocycles. The Hall–Kier alpha value is -4.24. The molecule has 0 spiro atoms. The van der Waals surface area contributed by atoms with Gasteiger partial charge in [-0.1, -0.05) is 79.3 Å². The molecule has 41 heavy (non-hydrogen) atoms. The van der Waals surface area contributed by atoms with E-state index < -0.39 is 12.0 Å². The molecule has 9 heteroatoms. The zero-order chi connectivity index (χ0) is 28.8. The number of thioether (sulfide) groups is 1. The van der Waals surface area contributed by atoms with Crippen LogP contribution in [0, 0.1) is 6.92 Å². The number of anilines is 1. The van der Waals surface area contributed by atoms with Crippen LogP contribution in [-0.2, 0) is 22.7 Å². The molecule has 0 bridgehead atoms. The number of carbonyl (C=O) groups is 1. The predicted molar refractivity (Wildman–Crippen MR) is 160 cm³/mol. The lowest BCUT2D eigenvalue weighted by molar-refractivity contribution is -0.140. The van der Waals surface area contributed by atoms with Crippen LogP contribution < -0.4 is 14.8 Å². The Morgan fingerprint density at radius 2 is 1.73 bits per heavy atom. The fourth-order valence-corrected chi connectivity index (χ4v) is 5.26. The Bertz CT molecular complexity index is 1550. The van der Waals surface area contributed by atoms with Crippen molar-refractivity contribution in [3.63, 3.8) is 0 Å². The minimum atomic E-state index is -0.571. The maximum absolute atomic E-state index is 13.6. The maximum Gasteiger partial charge on any atom is 0.338 e. The van der Waals surface area contributed by atoms with Gasteiger partial charge in [0.25, 0.3) is 0 Å². The molecule has 4 aromatic rings. The molecule has 1 unspecified atom stereocenters. The Morgan fingerprint density at radius 1 is 0.951 bits per heavy atom. The van der Waals surface area contributed by atoms with Gasteiger partial charge in [0.15, 0.2) is 11.5 Å². The second-order valence-corrected chi connectivity index (χ2v) is 10.8. The number of aryl methyl sites for hydroxylation is 1. The highest BCUT2D eigenvalue weighted by Crippen LogP contribution is 2.40. The van der Waals surface area contributed by atoms with E-state index in [0.717, 1.165) is 28.0 Å². The van der Waals surface area contributed by atoms with Crippen LogP contribution in [0.2, 0.25) is 0 Å². The van der Waals surface area contributed by atoms with Gasteiger partial charge >= 0.3 is 5.97 Å². The van der Waals surface area contributed by atoms with Crippen molar-refractivity contribution in [1.82, 2.24) is 14.8 Å². The molecule has 0 saturated carbocycles. The van der Waals surface area contributed by atoms with E-state index in [0.29, 0.717) is 47.1 Å². The van der Waals surface area contributed by atoms with Crippen molar-refractivity contribution in [2.75, 3.05) is 17.7 Å². The van der Waals surface area contributed by atoms with Gasteiger partial charge in [-0.05, 0) is 60.9 Å². The number of allylic oxidation sites excluding steroid dienone is 1. The molecule has 1 aromatic heterocycles. The summed E-state index contributed by atoms with van der Waals surface area (Å²) in [6.45, 7) is 8.96. The molecular formula is C32H34N4O4S.